The monoisotopic (exact) mass is 328 g/mol. The minimum Gasteiger partial charge on any atom is -0.454 e. The van der Waals surface area contributed by atoms with Crippen molar-refractivity contribution in [3.05, 3.63) is 36.4 Å². The Balaban J connectivity index is 2.06. The molecule has 6 N–H and O–H groups in total. The Morgan fingerprint density at radius 3 is 2.75 bits per heavy atom. The molecule has 0 aliphatic rings. The van der Waals surface area contributed by atoms with Crippen molar-refractivity contribution in [2.75, 3.05) is 36.9 Å². The maximum Gasteiger partial charge on any atom is 0.312 e. The van der Waals surface area contributed by atoms with Gasteiger partial charge in [-0.05, 0) is 18.2 Å². The normalized spacial score (nSPS) is 11.0. The molecule has 1 aromatic heterocycles. The zero-order chi connectivity index (χ0) is 17.1. The van der Waals surface area contributed by atoms with Crippen molar-refractivity contribution in [2.24, 2.45) is 5.73 Å². The van der Waals surface area contributed by atoms with Crippen LogP contribution in [-0.4, -0.2) is 37.4 Å². The number of benzene rings is 2. The number of nitrogens with two attached hydrogens (primary N) is 2. The summed E-state index contributed by atoms with van der Waals surface area (Å²) in [5.74, 6) is 0. The molecule has 2 amide bonds. The number of aliphatic hydroxyl groups is 1. The van der Waals surface area contributed by atoms with Crippen LogP contribution >= 0.6 is 0 Å². The summed E-state index contributed by atoms with van der Waals surface area (Å²) in [6, 6.07) is 10.8. The van der Waals surface area contributed by atoms with Crippen molar-refractivity contribution >= 4 is 39.3 Å². The van der Waals surface area contributed by atoms with Crippen molar-refractivity contribution in [1.29, 1.82) is 0 Å². The van der Waals surface area contributed by atoms with E-state index >= 15 is 0 Å². The van der Waals surface area contributed by atoms with E-state index < -0.39 is 6.03 Å². The number of urea groups is 1. The molecule has 0 radical (unpaired) electrons. The lowest BCUT2D eigenvalue weighted by molar-refractivity contribution is 0.249. The molecule has 24 heavy (non-hydrogen) atoms. The first kappa shape index (κ1) is 15.9. The molecule has 0 atom stereocenters. The lowest BCUT2D eigenvalue weighted by atomic mass is 10.1. The lowest BCUT2D eigenvalue weighted by Gasteiger charge is -2.24. The Labute approximate surface area is 138 Å². The predicted octanol–water partition coefficient (Wildman–Crippen LogP) is 1.64. The highest BCUT2D eigenvalue weighted by molar-refractivity contribution is 6.14. The highest BCUT2D eigenvalue weighted by atomic mass is 16.3. The maximum atomic E-state index is 10.9. The zero-order valence-electron chi connectivity index (χ0n) is 13.2. The van der Waals surface area contributed by atoms with Crippen LogP contribution in [0.15, 0.2) is 40.8 Å². The molecule has 2 aromatic carbocycles. The number of nitrogens with zero attached hydrogens (tertiary/aromatic N) is 1. The van der Waals surface area contributed by atoms with Gasteiger partial charge in [-0.25, -0.2) is 4.79 Å². The summed E-state index contributed by atoms with van der Waals surface area (Å²) in [5.41, 5.74) is 14.1. The van der Waals surface area contributed by atoms with E-state index in [0.717, 1.165) is 22.0 Å². The molecular weight excluding hydrogens is 308 g/mol. The van der Waals surface area contributed by atoms with Crippen molar-refractivity contribution in [1.82, 2.24) is 5.32 Å². The van der Waals surface area contributed by atoms with Gasteiger partial charge >= 0.3 is 6.03 Å². The second-order valence-corrected chi connectivity index (χ2v) is 5.48. The minimum absolute atomic E-state index is 0.0251. The third-order valence-corrected chi connectivity index (χ3v) is 3.93. The van der Waals surface area contributed by atoms with Gasteiger partial charge < -0.3 is 31.2 Å². The predicted molar refractivity (Wildman–Crippen MR) is 95.0 cm³/mol. The Bertz CT molecular complexity index is 875. The summed E-state index contributed by atoms with van der Waals surface area (Å²) in [6.45, 7) is 1.22. The molecule has 0 unspecified atom stereocenters. The number of rotatable bonds is 6. The number of hydrogen-bond acceptors (Lipinski definition) is 5. The number of carbonyl (C=O) groups excluding carboxylic acids is 1. The average molecular weight is 328 g/mol. The average Bonchev–Trinajstić information content (AvgIpc) is 2.94. The van der Waals surface area contributed by atoms with Crippen molar-refractivity contribution < 1.29 is 14.3 Å². The molecule has 0 aliphatic heterocycles. The van der Waals surface area contributed by atoms with Crippen molar-refractivity contribution in [3.63, 3.8) is 0 Å². The number of primary amides is 1. The summed E-state index contributed by atoms with van der Waals surface area (Å²) in [7, 11) is 0. The number of anilines is 2. The quantitative estimate of drug-likeness (QED) is 0.513. The van der Waals surface area contributed by atoms with Gasteiger partial charge in [-0.3, -0.25) is 0 Å². The van der Waals surface area contributed by atoms with E-state index in [1.165, 1.54) is 0 Å². The van der Waals surface area contributed by atoms with Crippen LogP contribution in [0.1, 0.15) is 0 Å². The number of fused-ring (bicyclic) bond motifs is 3. The van der Waals surface area contributed by atoms with Crippen molar-refractivity contribution in [3.8, 4) is 0 Å². The first-order chi connectivity index (χ1) is 11.6. The summed E-state index contributed by atoms with van der Waals surface area (Å²) in [6.07, 6.45) is 0. The van der Waals surface area contributed by atoms with Gasteiger partial charge in [0.2, 0.25) is 0 Å². The summed E-state index contributed by atoms with van der Waals surface area (Å²) in [4.78, 5) is 12.8. The van der Waals surface area contributed by atoms with E-state index in [1.54, 1.807) is 0 Å². The van der Waals surface area contributed by atoms with Crippen LogP contribution in [0, 0.1) is 0 Å². The van der Waals surface area contributed by atoms with Gasteiger partial charge in [-0.2, -0.15) is 0 Å². The first-order valence-electron chi connectivity index (χ1n) is 7.70. The number of aliphatic hydroxyl groups excluding tert-OH is 1. The van der Waals surface area contributed by atoms with Crippen LogP contribution in [0.4, 0.5) is 16.2 Å². The van der Waals surface area contributed by atoms with E-state index in [1.807, 2.05) is 41.3 Å². The molecule has 126 valence electrons. The van der Waals surface area contributed by atoms with Crippen LogP contribution in [0.3, 0.4) is 0 Å². The van der Waals surface area contributed by atoms with Crippen LogP contribution in [0.5, 0.6) is 0 Å². The van der Waals surface area contributed by atoms with Gasteiger partial charge in [0.05, 0.1) is 17.7 Å². The number of carbonyl (C=O) groups is 1. The highest BCUT2D eigenvalue weighted by Gasteiger charge is 2.17. The van der Waals surface area contributed by atoms with Gasteiger partial charge in [0.1, 0.15) is 5.58 Å². The zero-order valence-corrected chi connectivity index (χ0v) is 13.2. The van der Waals surface area contributed by atoms with Gasteiger partial charge in [-0.1, -0.05) is 18.2 Å². The fraction of sp³-hybridized carbons (Fsp3) is 0.235. The molecule has 7 nitrogen and oxygen atoms in total. The molecule has 7 heteroatoms. The molecular formula is C17H20N4O3. The third-order valence-electron chi connectivity index (χ3n) is 3.93. The van der Waals surface area contributed by atoms with Crippen LogP contribution in [0.25, 0.3) is 21.9 Å². The minimum atomic E-state index is -0.579. The number of furan rings is 1. The standard InChI is InChI=1S/C17H20N4O3/c18-12-5-6-13(21(9-10-22)8-7-20-17(19)23)16-15(12)11-3-1-2-4-14(11)24-16/h1-6,22H,7-10,18H2,(H3,19,20,23). The number of nitrogens with one attached hydrogen (secondary N) is 1. The van der Waals surface area contributed by atoms with Crippen LogP contribution in [-0.2, 0) is 0 Å². The molecule has 0 spiro atoms. The van der Waals surface area contributed by atoms with Crippen molar-refractivity contribution in [2.45, 2.75) is 0 Å². The second-order valence-electron chi connectivity index (χ2n) is 5.48. The van der Waals surface area contributed by atoms with Gasteiger partial charge in [0.15, 0.2) is 5.58 Å². The topological polar surface area (TPSA) is 118 Å². The van der Waals surface area contributed by atoms with E-state index in [9.17, 15) is 9.90 Å². The van der Waals surface area contributed by atoms with Crippen LogP contribution < -0.4 is 21.7 Å². The molecule has 1 heterocycles. The molecule has 0 bridgehead atoms. The van der Waals surface area contributed by atoms with Gasteiger partial charge in [0.25, 0.3) is 0 Å². The fourth-order valence-electron chi connectivity index (χ4n) is 2.88. The summed E-state index contributed by atoms with van der Waals surface area (Å²) in [5, 5.41) is 13.7. The van der Waals surface area contributed by atoms with E-state index in [-0.39, 0.29) is 6.61 Å². The maximum absolute atomic E-state index is 10.9. The fourth-order valence-corrected chi connectivity index (χ4v) is 2.88. The summed E-state index contributed by atoms with van der Waals surface area (Å²) >= 11 is 0. The van der Waals surface area contributed by atoms with E-state index in [4.69, 9.17) is 15.9 Å². The lowest BCUT2D eigenvalue weighted by Crippen LogP contribution is -2.38. The molecule has 0 aliphatic carbocycles. The van der Waals surface area contributed by atoms with Crippen LogP contribution in [0.2, 0.25) is 0 Å². The molecule has 3 aromatic rings. The highest BCUT2D eigenvalue weighted by Crippen LogP contribution is 2.38. The number of amides is 2. The Morgan fingerprint density at radius 2 is 2.00 bits per heavy atom. The Hall–Kier alpha value is -2.93. The number of para-hydroxylation sites is 1. The van der Waals surface area contributed by atoms with E-state index in [2.05, 4.69) is 5.32 Å². The Kier molecular flexibility index (Phi) is 4.43. The smallest absolute Gasteiger partial charge is 0.312 e. The molecule has 0 fully saturated rings. The summed E-state index contributed by atoms with van der Waals surface area (Å²) < 4.78 is 6.00. The SMILES string of the molecule is NC(=O)NCCN(CCO)c1ccc(N)c2c1oc1ccccc12. The second kappa shape index (κ2) is 6.67. The molecule has 3 rings (SSSR count). The number of nitrogen functional groups attached to an aromatic ring is 1. The third kappa shape index (κ3) is 2.93. The Morgan fingerprint density at radius 1 is 1.21 bits per heavy atom. The number of hydrogen-bond donors (Lipinski definition) is 4. The molecule has 0 saturated carbocycles. The molecule has 0 saturated heterocycles. The van der Waals surface area contributed by atoms with Gasteiger partial charge in [0, 0.05) is 30.7 Å². The van der Waals surface area contributed by atoms with E-state index in [0.29, 0.717) is 30.9 Å². The van der Waals surface area contributed by atoms with Gasteiger partial charge in [-0.15, -0.1) is 0 Å². The first-order valence-corrected chi connectivity index (χ1v) is 7.70. The largest absolute Gasteiger partial charge is 0.454 e.